The fraction of sp³-hybridized carbons (Fsp3) is 0.526. The summed E-state index contributed by atoms with van der Waals surface area (Å²) in [5, 5.41) is 3.31. The lowest BCUT2D eigenvalue weighted by Crippen LogP contribution is -2.53. The molecule has 0 aromatic heterocycles. The minimum atomic E-state index is -0.306. The first-order chi connectivity index (χ1) is 12.5. The number of piperazine rings is 1. The summed E-state index contributed by atoms with van der Waals surface area (Å²) in [5.74, 6) is 0.665. The average molecular weight is 488 g/mol. The van der Waals surface area contributed by atoms with E-state index in [0.717, 1.165) is 31.2 Å². The number of hydrogen-bond acceptors (Lipinski definition) is 4. The summed E-state index contributed by atoms with van der Waals surface area (Å²) < 4.78 is 4.99. The lowest BCUT2D eigenvalue weighted by molar-refractivity contribution is -0.130. The van der Waals surface area contributed by atoms with Crippen LogP contribution >= 0.6 is 24.0 Å². The van der Waals surface area contributed by atoms with E-state index in [1.807, 2.05) is 24.0 Å². The SMILES string of the molecule is CCNC(=NCc1ccc(C(=O)OCC)cc1)N1CCN(C(C)=O)CC1.I. The second-order valence-corrected chi connectivity index (χ2v) is 6.08. The van der Waals surface area contributed by atoms with Gasteiger partial charge in [-0.05, 0) is 31.5 Å². The van der Waals surface area contributed by atoms with Crippen LogP contribution in [0.15, 0.2) is 29.3 Å². The summed E-state index contributed by atoms with van der Waals surface area (Å²) in [6.45, 7) is 10.1. The summed E-state index contributed by atoms with van der Waals surface area (Å²) in [7, 11) is 0. The van der Waals surface area contributed by atoms with Crippen molar-refractivity contribution in [2.75, 3.05) is 39.3 Å². The minimum absolute atomic E-state index is 0. The lowest BCUT2D eigenvalue weighted by Gasteiger charge is -2.36. The molecule has 7 nitrogen and oxygen atoms in total. The Bertz CT molecular complexity index is 641. The Labute approximate surface area is 178 Å². The summed E-state index contributed by atoms with van der Waals surface area (Å²) in [6.07, 6.45) is 0. The Morgan fingerprint density at radius 3 is 2.19 bits per heavy atom. The van der Waals surface area contributed by atoms with Crippen LogP contribution in [-0.4, -0.2) is 67.0 Å². The highest BCUT2D eigenvalue weighted by atomic mass is 127. The molecule has 0 bridgehead atoms. The van der Waals surface area contributed by atoms with Crippen LogP contribution in [0.3, 0.4) is 0 Å². The van der Waals surface area contributed by atoms with Gasteiger partial charge in [0.1, 0.15) is 0 Å². The van der Waals surface area contributed by atoms with Gasteiger partial charge in [-0.15, -0.1) is 24.0 Å². The van der Waals surface area contributed by atoms with Crippen molar-refractivity contribution in [3.8, 4) is 0 Å². The highest BCUT2D eigenvalue weighted by Gasteiger charge is 2.20. The molecule has 1 amide bonds. The van der Waals surface area contributed by atoms with E-state index in [0.29, 0.717) is 31.8 Å². The molecule has 0 aliphatic carbocycles. The third-order valence-electron chi connectivity index (χ3n) is 4.24. The number of guanidine groups is 1. The molecular formula is C19H29IN4O3. The molecule has 1 fully saturated rings. The van der Waals surface area contributed by atoms with Gasteiger partial charge >= 0.3 is 5.97 Å². The first-order valence-corrected chi connectivity index (χ1v) is 9.10. The van der Waals surface area contributed by atoms with Crippen molar-refractivity contribution in [1.82, 2.24) is 15.1 Å². The van der Waals surface area contributed by atoms with E-state index in [4.69, 9.17) is 9.73 Å². The van der Waals surface area contributed by atoms with Gasteiger partial charge in [0, 0.05) is 39.6 Å². The number of hydrogen-bond donors (Lipinski definition) is 1. The molecule has 1 saturated heterocycles. The Balaban J connectivity index is 0.00000364. The zero-order valence-electron chi connectivity index (χ0n) is 16.2. The number of amides is 1. The molecule has 1 aliphatic rings. The van der Waals surface area contributed by atoms with Crippen LogP contribution in [0.4, 0.5) is 0 Å². The molecular weight excluding hydrogens is 459 g/mol. The summed E-state index contributed by atoms with van der Waals surface area (Å²) in [6, 6.07) is 7.32. The van der Waals surface area contributed by atoms with Crippen molar-refractivity contribution in [1.29, 1.82) is 0 Å². The van der Waals surface area contributed by atoms with Crippen molar-refractivity contribution in [3.63, 3.8) is 0 Å². The Morgan fingerprint density at radius 1 is 1.07 bits per heavy atom. The zero-order valence-corrected chi connectivity index (χ0v) is 18.6. The molecule has 8 heteroatoms. The van der Waals surface area contributed by atoms with Crippen molar-refractivity contribution in [2.45, 2.75) is 27.3 Å². The molecule has 27 heavy (non-hydrogen) atoms. The normalized spacial score (nSPS) is 14.4. The largest absolute Gasteiger partial charge is 0.462 e. The number of nitrogens with zero attached hydrogens (tertiary/aromatic N) is 3. The number of aliphatic imine (C=N–C) groups is 1. The van der Waals surface area contributed by atoms with E-state index in [2.05, 4.69) is 10.2 Å². The van der Waals surface area contributed by atoms with Crippen LogP contribution in [0.1, 0.15) is 36.7 Å². The molecule has 1 N–H and O–H groups in total. The summed E-state index contributed by atoms with van der Waals surface area (Å²) in [5.41, 5.74) is 1.57. The number of rotatable bonds is 5. The van der Waals surface area contributed by atoms with E-state index < -0.39 is 0 Å². The first-order valence-electron chi connectivity index (χ1n) is 9.10. The van der Waals surface area contributed by atoms with Crippen LogP contribution in [-0.2, 0) is 16.1 Å². The van der Waals surface area contributed by atoms with Gasteiger partial charge in [0.2, 0.25) is 5.91 Å². The van der Waals surface area contributed by atoms with Crippen molar-refractivity contribution in [2.24, 2.45) is 4.99 Å². The van der Waals surface area contributed by atoms with Gasteiger partial charge in [0.15, 0.2) is 5.96 Å². The van der Waals surface area contributed by atoms with E-state index >= 15 is 0 Å². The minimum Gasteiger partial charge on any atom is -0.462 e. The van der Waals surface area contributed by atoms with Crippen LogP contribution in [0.2, 0.25) is 0 Å². The topological polar surface area (TPSA) is 74.2 Å². The van der Waals surface area contributed by atoms with Gasteiger partial charge in [-0.3, -0.25) is 4.79 Å². The van der Waals surface area contributed by atoms with Crippen LogP contribution in [0, 0.1) is 0 Å². The fourth-order valence-corrected chi connectivity index (χ4v) is 2.79. The Morgan fingerprint density at radius 2 is 1.67 bits per heavy atom. The average Bonchev–Trinajstić information content (AvgIpc) is 2.66. The smallest absolute Gasteiger partial charge is 0.338 e. The van der Waals surface area contributed by atoms with Crippen molar-refractivity contribution in [3.05, 3.63) is 35.4 Å². The van der Waals surface area contributed by atoms with Gasteiger partial charge in [0.05, 0.1) is 18.7 Å². The quantitative estimate of drug-likeness (QED) is 0.298. The first kappa shape index (κ1) is 23.2. The van der Waals surface area contributed by atoms with Gasteiger partial charge in [-0.25, -0.2) is 9.79 Å². The fourth-order valence-electron chi connectivity index (χ4n) is 2.79. The number of esters is 1. The highest BCUT2D eigenvalue weighted by molar-refractivity contribution is 14.0. The number of ether oxygens (including phenoxy) is 1. The molecule has 0 atom stereocenters. The van der Waals surface area contributed by atoms with E-state index in [1.165, 1.54) is 0 Å². The zero-order chi connectivity index (χ0) is 18.9. The number of nitrogens with one attached hydrogen (secondary N) is 1. The number of carbonyl (C=O) groups is 2. The molecule has 1 aromatic rings. The van der Waals surface area contributed by atoms with E-state index in [1.54, 1.807) is 26.0 Å². The predicted molar refractivity (Wildman–Crippen MR) is 116 cm³/mol. The number of benzene rings is 1. The lowest BCUT2D eigenvalue weighted by atomic mass is 10.1. The van der Waals surface area contributed by atoms with Crippen LogP contribution < -0.4 is 5.32 Å². The maximum Gasteiger partial charge on any atom is 0.338 e. The number of carbonyl (C=O) groups excluding carboxylic acids is 2. The molecule has 1 aromatic carbocycles. The third kappa shape index (κ3) is 7.00. The number of halogens is 1. The van der Waals surface area contributed by atoms with E-state index in [-0.39, 0.29) is 35.9 Å². The molecule has 1 heterocycles. The monoisotopic (exact) mass is 488 g/mol. The second kappa shape index (κ2) is 11.8. The van der Waals surface area contributed by atoms with Crippen LogP contribution in [0.25, 0.3) is 0 Å². The third-order valence-corrected chi connectivity index (χ3v) is 4.24. The van der Waals surface area contributed by atoms with Gasteiger partial charge < -0.3 is 19.9 Å². The van der Waals surface area contributed by atoms with Gasteiger partial charge in [0.25, 0.3) is 0 Å². The molecule has 0 unspecified atom stereocenters. The molecule has 2 rings (SSSR count). The predicted octanol–water partition coefficient (Wildman–Crippen LogP) is 2.11. The van der Waals surface area contributed by atoms with E-state index in [9.17, 15) is 9.59 Å². The molecule has 1 aliphatic heterocycles. The molecule has 150 valence electrons. The maximum atomic E-state index is 11.7. The maximum absolute atomic E-state index is 11.7. The summed E-state index contributed by atoms with van der Waals surface area (Å²) in [4.78, 5) is 31.9. The van der Waals surface area contributed by atoms with Crippen molar-refractivity contribution < 1.29 is 14.3 Å². The van der Waals surface area contributed by atoms with Crippen molar-refractivity contribution >= 4 is 41.8 Å². The highest BCUT2D eigenvalue weighted by Crippen LogP contribution is 2.09. The molecule has 0 saturated carbocycles. The Kier molecular flexibility index (Phi) is 10.1. The Hall–Kier alpha value is -1.84. The van der Waals surface area contributed by atoms with Crippen LogP contribution in [0.5, 0.6) is 0 Å². The summed E-state index contributed by atoms with van der Waals surface area (Å²) >= 11 is 0. The standard InChI is InChI=1S/C19H28N4O3.HI/c1-4-20-19(23-12-10-22(11-13-23)15(3)24)21-14-16-6-8-17(9-7-16)18(25)26-5-2;/h6-9H,4-5,10-14H2,1-3H3,(H,20,21);1H. The molecule has 0 radical (unpaired) electrons. The second-order valence-electron chi connectivity index (χ2n) is 6.08. The molecule has 0 spiro atoms. The van der Waals surface area contributed by atoms with Gasteiger partial charge in [-0.1, -0.05) is 12.1 Å². The van der Waals surface area contributed by atoms with Gasteiger partial charge in [-0.2, -0.15) is 0 Å².